The van der Waals surface area contributed by atoms with Crippen molar-refractivity contribution in [2.45, 2.75) is 90.9 Å². The van der Waals surface area contributed by atoms with E-state index in [0.29, 0.717) is 19.3 Å². The summed E-state index contributed by atoms with van der Waals surface area (Å²) in [6.07, 6.45) is 3.00. The number of carbonyl (C=O) groups is 6. The minimum absolute atomic E-state index is 0.234. The third-order valence-electron chi connectivity index (χ3n) is 7.73. The molecule has 1 aliphatic heterocycles. The minimum atomic E-state index is -1.12. The van der Waals surface area contributed by atoms with Gasteiger partial charge in [0.2, 0.25) is 17.6 Å². The summed E-state index contributed by atoms with van der Waals surface area (Å²) in [6, 6.07) is 0.342. The summed E-state index contributed by atoms with van der Waals surface area (Å²) in [4.78, 5) is 78.6. The van der Waals surface area contributed by atoms with Crippen LogP contribution >= 0.6 is 0 Å². The normalized spacial score (nSPS) is 19.0. The Labute approximate surface area is 245 Å². The molecular weight excluding hydrogens is 545 g/mol. The van der Waals surface area contributed by atoms with E-state index in [-0.39, 0.29) is 23.9 Å². The highest BCUT2D eigenvalue weighted by atomic mass is 19.1. The number of Topliss-reactive ketones (excluding diaryl/α,β-unsaturated/α-hetero) is 2. The van der Waals surface area contributed by atoms with Crippen molar-refractivity contribution in [1.29, 1.82) is 0 Å². The van der Waals surface area contributed by atoms with Crippen molar-refractivity contribution in [3.05, 3.63) is 35.6 Å². The predicted molar refractivity (Wildman–Crippen MR) is 152 cm³/mol. The number of halogens is 1. The van der Waals surface area contributed by atoms with Gasteiger partial charge in [0.15, 0.2) is 5.78 Å². The fourth-order valence-corrected chi connectivity index (χ4v) is 5.12. The van der Waals surface area contributed by atoms with E-state index < -0.39 is 70.7 Å². The van der Waals surface area contributed by atoms with Gasteiger partial charge in [0.05, 0.1) is 12.1 Å². The Balaban J connectivity index is 1.73. The monoisotopic (exact) mass is 587 g/mol. The summed E-state index contributed by atoms with van der Waals surface area (Å²) in [6.45, 7) is 9.07. The van der Waals surface area contributed by atoms with Crippen molar-refractivity contribution in [3.63, 3.8) is 0 Å². The molecule has 11 nitrogen and oxygen atoms in total. The van der Waals surface area contributed by atoms with Crippen molar-refractivity contribution in [3.8, 4) is 0 Å². The van der Waals surface area contributed by atoms with Crippen LogP contribution in [0.1, 0.15) is 77.1 Å². The molecule has 4 unspecified atom stereocenters. The van der Waals surface area contributed by atoms with Gasteiger partial charge in [-0.1, -0.05) is 47.5 Å². The van der Waals surface area contributed by atoms with Gasteiger partial charge in [-0.2, -0.15) is 0 Å². The average Bonchev–Trinajstić information content (AvgIpc) is 3.59. The number of hydrogen-bond acceptors (Lipinski definition) is 6. The molecule has 1 saturated carbocycles. The van der Waals surface area contributed by atoms with Crippen molar-refractivity contribution < 1.29 is 33.2 Å². The van der Waals surface area contributed by atoms with Crippen molar-refractivity contribution in [1.82, 2.24) is 20.9 Å². The first-order valence-electron chi connectivity index (χ1n) is 14.4. The fraction of sp³-hybridized carbons (Fsp3) is 0.600. The van der Waals surface area contributed by atoms with E-state index in [2.05, 4.69) is 16.0 Å². The number of amides is 5. The standard InChI is InChI=1S/C30H42FN5O6/c1-16(2)22(23(37)18-10-12-19(31)13-11-18)34-29(42)35-25(30(3,4)5)28(41)36-14-6-7-21(36)27(40)33-20(15-17-8-9-17)24(38)26(32)39/h10-13,16-17,20-22,25H,6-9,14-15H2,1-5H3,(H2,32,39)(H,33,40)(H2,34,35,42). The molecule has 1 aliphatic carbocycles. The van der Waals surface area contributed by atoms with E-state index in [4.69, 9.17) is 5.73 Å². The molecule has 3 rings (SSSR count). The van der Waals surface area contributed by atoms with E-state index in [1.165, 1.54) is 29.2 Å². The Morgan fingerprint density at radius 1 is 0.976 bits per heavy atom. The van der Waals surface area contributed by atoms with Crippen LogP contribution in [0, 0.1) is 23.1 Å². The summed E-state index contributed by atoms with van der Waals surface area (Å²) in [5.41, 5.74) is 4.66. The van der Waals surface area contributed by atoms with E-state index in [9.17, 15) is 33.2 Å². The van der Waals surface area contributed by atoms with Crippen molar-refractivity contribution in [2.24, 2.45) is 23.0 Å². The van der Waals surface area contributed by atoms with Gasteiger partial charge in [-0.15, -0.1) is 0 Å². The lowest BCUT2D eigenvalue weighted by Gasteiger charge is -2.36. The summed E-state index contributed by atoms with van der Waals surface area (Å²) in [7, 11) is 0. The summed E-state index contributed by atoms with van der Waals surface area (Å²) in [5, 5.41) is 8.00. The Hall–Kier alpha value is -3.83. The molecule has 2 fully saturated rings. The maximum absolute atomic E-state index is 13.8. The smallest absolute Gasteiger partial charge is 0.316 e. The second-order valence-corrected chi connectivity index (χ2v) is 12.7. The predicted octanol–water partition coefficient (Wildman–Crippen LogP) is 2.08. The van der Waals surface area contributed by atoms with Gasteiger partial charge < -0.3 is 26.6 Å². The number of nitrogens with one attached hydrogen (secondary N) is 3. The molecule has 0 bridgehead atoms. The first kappa shape index (κ1) is 32.7. The average molecular weight is 588 g/mol. The van der Waals surface area contributed by atoms with Crippen LogP contribution in [0.25, 0.3) is 0 Å². The molecule has 12 heteroatoms. The Kier molecular flexibility index (Phi) is 10.5. The molecule has 4 atom stereocenters. The largest absolute Gasteiger partial charge is 0.363 e. The highest BCUT2D eigenvalue weighted by molar-refractivity contribution is 6.37. The number of carbonyl (C=O) groups excluding carboxylic acids is 6. The molecule has 2 aliphatic rings. The molecule has 42 heavy (non-hydrogen) atoms. The molecule has 230 valence electrons. The second kappa shape index (κ2) is 13.4. The molecule has 0 aromatic heterocycles. The fourth-order valence-electron chi connectivity index (χ4n) is 5.12. The first-order valence-corrected chi connectivity index (χ1v) is 14.4. The second-order valence-electron chi connectivity index (χ2n) is 12.7. The van der Waals surface area contributed by atoms with Gasteiger partial charge in [0, 0.05) is 12.1 Å². The number of primary amides is 1. The van der Waals surface area contributed by atoms with E-state index >= 15 is 0 Å². The van der Waals surface area contributed by atoms with Gasteiger partial charge in [-0.05, 0) is 60.8 Å². The quantitative estimate of drug-likeness (QED) is 0.216. The third kappa shape index (κ3) is 8.36. The molecule has 1 heterocycles. The molecule has 0 spiro atoms. The van der Waals surface area contributed by atoms with Crippen LogP contribution in [-0.2, 0) is 19.2 Å². The number of rotatable bonds is 12. The highest BCUT2D eigenvalue weighted by Gasteiger charge is 2.43. The summed E-state index contributed by atoms with van der Waals surface area (Å²) >= 11 is 0. The number of benzene rings is 1. The van der Waals surface area contributed by atoms with Crippen molar-refractivity contribution in [2.75, 3.05) is 6.54 Å². The minimum Gasteiger partial charge on any atom is -0.363 e. The Bertz CT molecular complexity index is 1210. The van der Waals surface area contributed by atoms with Crippen LogP contribution in [0.5, 0.6) is 0 Å². The third-order valence-corrected chi connectivity index (χ3v) is 7.73. The maximum Gasteiger partial charge on any atom is 0.316 e. The maximum atomic E-state index is 13.8. The summed E-state index contributed by atoms with van der Waals surface area (Å²) in [5.74, 6) is -4.00. The van der Waals surface area contributed by atoms with Crippen LogP contribution in [0.4, 0.5) is 9.18 Å². The number of likely N-dealkylation sites (tertiary alicyclic amines) is 1. The van der Waals surface area contributed by atoms with Gasteiger partial charge in [-0.3, -0.25) is 24.0 Å². The van der Waals surface area contributed by atoms with Crippen molar-refractivity contribution >= 4 is 35.3 Å². The van der Waals surface area contributed by atoms with Crippen LogP contribution in [0.3, 0.4) is 0 Å². The van der Waals surface area contributed by atoms with Gasteiger partial charge in [0.25, 0.3) is 5.91 Å². The van der Waals surface area contributed by atoms with Gasteiger partial charge >= 0.3 is 6.03 Å². The topological polar surface area (TPSA) is 168 Å². The molecule has 1 aromatic rings. The highest BCUT2D eigenvalue weighted by Crippen LogP contribution is 2.34. The van der Waals surface area contributed by atoms with Crippen LogP contribution in [0.15, 0.2) is 24.3 Å². The first-order chi connectivity index (χ1) is 19.6. The lowest BCUT2D eigenvalue weighted by atomic mass is 9.85. The Morgan fingerprint density at radius 3 is 2.12 bits per heavy atom. The van der Waals surface area contributed by atoms with E-state index in [1.807, 2.05) is 0 Å². The number of nitrogens with zero attached hydrogens (tertiary/aromatic N) is 1. The zero-order valence-corrected chi connectivity index (χ0v) is 24.9. The number of urea groups is 1. The lowest BCUT2D eigenvalue weighted by molar-refractivity contribution is -0.143. The molecule has 0 radical (unpaired) electrons. The lowest BCUT2D eigenvalue weighted by Crippen LogP contribution is -2.61. The molecule has 1 saturated heterocycles. The Morgan fingerprint density at radius 2 is 1.60 bits per heavy atom. The van der Waals surface area contributed by atoms with E-state index in [1.54, 1.807) is 34.6 Å². The number of ketones is 2. The molecular formula is C30H42FN5O6. The molecule has 5 N–H and O–H groups in total. The van der Waals surface area contributed by atoms with Crippen LogP contribution < -0.4 is 21.7 Å². The van der Waals surface area contributed by atoms with Crippen LogP contribution in [0.2, 0.25) is 0 Å². The number of nitrogens with two attached hydrogens (primary N) is 1. The number of hydrogen-bond donors (Lipinski definition) is 4. The molecule has 5 amide bonds. The van der Waals surface area contributed by atoms with Gasteiger partial charge in [-0.25, -0.2) is 9.18 Å². The zero-order chi connectivity index (χ0) is 31.4. The van der Waals surface area contributed by atoms with Crippen LogP contribution in [-0.4, -0.2) is 70.9 Å². The zero-order valence-electron chi connectivity index (χ0n) is 24.9. The SMILES string of the molecule is CC(C)C(NC(=O)NC(C(=O)N1CCCC1C(=O)NC(CC1CC1)C(=O)C(N)=O)C(C)(C)C)C(=O)c1ccc(F)cc1. The molecule has 1 aromatic carbocycles. The van der Waals surface area contributed by atoms with E-state index in [0.717, 1.165) is 12.8 Å². The summed E-state index contributed by atoms with van der Waals surface area (Å²) < 4.78 is 13.4. The van der Waals surface area contributed by atoms with Gasteiger partial charge in [0.1, 0.15) is 17.9 Å².